The van der Waals surface area contributed by atoms with E-state index in [2.05, 4.69) is 0 Å². The molecule has 0 bridgehead atoms. The van der Waals surface area contributed by atoms with Crippen LogP contribution in [0, 0.1) is 17.2 Å². The average molecular weight is 278 g/mol. The lowest BCUT2D eigenvalue weighted by atomic mass is 9.90. The van der Waals surface area contributed by atoms with Gasteiger partial charge in [0.1, 0.15) is 5.54 Å². The lowest BCUT2D eigenvalue weighted by Crippen LogP contribution is -2.53. The highest BCUT2D eigenvalue weighted by atomic mass is 19.4. The minimum Gasteiger partial charge on any atom is -0.480 e. The minimum atomic E-state index is -4.62. The molecule has 2 unspecified atom stereocenters. The molecule has 1 fully saturated rings. The average Bonchev–Trinajstić information content (AvgIpc) is 2.69. The first-order valence-corrected chi connectivity index (χ1v) is 6.22. The van der Waals surface area contributed by atoms with E-state index in [0.717, 1.165) is 0 Å². The molecule has 0 aromatic rings. The van der Waals surface area contributed by atoms with Crippen LogP contribution in [0.5, 0.6) is 0 Å². The number of nitriles is 1. The van der Waals surface area contributed by atoms with Crippen LogP contribution < -0.4 is 0 Å². The summed E-state index contributed by atoms with van der Waals surface area (Å²) < 4.78 is 37.8. The Morgan fingerprint density at radius 1 is 1.58 bits per heavy atom. The van der Waals surface area contributed by atoms with Gasteiger partial charge >= 0.3 is 12.1 Å². The first-order chi connectivity index (χ1) is 8.78. The summed E-state index contributed by atoms with van der Waals surface area (Å²) in [6.07, 6.45) is -2.85. The predicted octanol–water partition coefficient (Wildman–Crippen LogP) is 2.41. The molecular weight excluding hydrogens is 261 g/mol. The zero-order valence-corrected chi connectivity index (χ0v) is 10.7. The van der Waals surface area contributed by atoms with Crippen molar-refractivity contribution in [2.75, 3.05) is 13.1 Å². The van der Waals surface area contributed by atoms with E-state index in [9.17, 15) is 23.1 Å². The number of alkyl halides is 3. The van der Waals surface area contributed by atoms with Gasteiger partial charge in [0.15, 0.2) is 5.92 Å². The van der Waals surface area contributed by atoms with Crippen molar-refractivity contribution in [1.29, 1.82) is 5.26 Å². The second-order valence-corrected chi connectivity index (χ2v) is 4.86. The summed E-state index contributed by atoms with van der Waals surface area (Å²) in [5.74, 6) is -3.23. The number of carboxylic acid groups (broad SMARTS) is 1. The van der Waals surface area contributed by atoms with Crippen molar-refractivity contribution in [3.8, 4) is 6.07 Å². The third kappa shape index (κ3) is 3.18. The molecule has 1 aliphatic heterocycles. The number of carboxylic acids is 1. The van der Waals surface area contributed by atoms with Crippen molar-refractivity contribution in [2.24, 2.45) is 5.92 Å². The smallest absolute Gasteiger partial charge is 0.405 e. The number of likely N-dealkylation sites (tertiary alicyclic amines) is 1. The number of halogens is 3. The zero-order valence-electron chi connectivity index (χ0n) is 10.7. The number of rotatable bonds is 5. The maximum atomic E-state index is 12.6. The number of aliphatic carboxylic acids is 1. The number of hydrogen-bond acceptors (Lipinski definition) is 3. The topological polar surface area (TPSA) is 64.3 Å². The molecule has 0 aliphatic carbocycles. The van der Waals surface area contributed by atoms with Crippen molar-refractivity contribution >= 4 is 5.97 Å². The van der Waals surface area contributed by atoms with Crippen LogP contribution in [0.25, 0.3) is 0 Å². The van der Waals surface area contributed by atoms with Gasteiger partial charge in [0, 0.05) is 6.54 Å². The van der Waals surface area contributed by atoms with Crippen molar-refractivity contribution in [3.05, 3.63) is 0 Å². The monoisotopic (exact) mass is 278 g/mol. The van der Waals surface area contributed by atoms with Crippen LogP contribution in [0.4, 0.5) is 13.2 Å². The van der Waals surface area contributed by atoms with Crippen LogP contribution in [0.2, 0.25) is 0 Å². The van der Waals surface area contributed by atoms with Gasteiger partial charge in [-0.05, 0) is 25.8 Å². The molecule has 0 radical (unpaired) electrons. The fourth-order valence-electron chi connectivity index (χ4n) is 2.68. The van der Waals surface area contributed by atoms with Gasteiger partial charge in [0.05, 0.1) is 6.07 Å². The third-order valence-electron chi connectivity index (χ3n) is 3.64. The van der Waals surface area contributed by atoms with Gasteiger partial charge in [-0.15, -0.1) is 0 Å². The SMILES string of the molecule is CCCC1(C(=O)O)CCCN1CC(C#N)C(F)(F)F. The lowest BCUT2D eigenvalue weighted by molar-refractivity contribution is -0.171. The van der Waals surface area contributed by atoms with Crippen LogP contribution in [0.15, 0.2) is 0 Å². The summed E-state index contributed by atoms with van der Waals surface area (Å²) in [6, 6.07) is 1.23. The Bertz CT molecular complexity index is 378. The van der Waals surface area contributed by atoms with Gasteiger partial charge in [-0.3, -0.25) is 9.69 Å². The highest BCUT2D eigenvalue weighted by Gasteiger charge is 2.50. The standard InChI is InChI=1S/C12H17F3N2O2/c1-2-4-11(10(18)19)5-3-6-17(11)8-9(7-16)12(13,14)15/h9H,2-6,8H2,1H3,(H,18,19). The van der Waals surface area contributed by atoms with Gasteiger partial charge in [-0.2, -0.15) is 18.4 Å². The van der Waals surface area contributed by atoms with E-state index >= 15 is 0 Å². The van der Waals surface area contributed by atoms with E-state index in [1.807, 2.05) is 0 Å². The Labute approximate surface area is 109 Å². The molecular formula is C12H17F3N2O2. The molecule has 1 heterocycles. The molecule has 1 aliphatic rings. The quantitative estimate of drug-likeness (QED) is 0.838. The molecule has 0 aromatic heterocycles. The normalized spacial score (nSPS) is 26.1. The number of nitrogens with zero attached hydrogens (tertiary/aromatic N) is 2. The third-order valence-corrected chi connectivity index (χ3v) is 3.64. The molecule has 0 amide bonds. The lowest BCUT2D eigenvalue weighted by Gasteiger charge is -2.35. The summed E-state index contributed by atoms with van der Waals surface area (Å²) in [5.41, 5.74) is -1.24. The zero-order chi connectivity index (χ0) is 14.7. The Morgan fingerprint density at radius 3 is 2.63 bits per heavy atom. The molecule has 0 aromatic carbocycles. The second-order valence-electron chi connectivity index (χ2n) is 4.86. The summed E-state index contributed by atoms with van der Waals surface area (Å²) in [7, 11) is 0. The highest BCUT2D eigenvalue weighted by Crippen LogP contribution is 2.37. The number of carbonyl (C=O) groups is 1. The van der Waals surface area contributed by atoms with Gasteiger partial charge in [-0.25, -0.2) is 0 Å². The van der Waals surface area contributed by atoms with Crippen LogP contribution in [-0.4, -0.2) is 40.8 Å². The van der Waals surface area contributed by atoms with Gasteiger partial charge in [0.2, 0.25) is 0 Å². The molecule has 108 valence electrons. The predicted molar refractivity (Wildman–Crippen MR) is 61.2 cm³/mol. The molecule has 1 N–H and O–H groups in total. The van der Waals surface area contributed by atoms with E-state index in [1.54, 1.807) is 6.92 Å². The summed E-state index contributed by atoms with van der Waals surface area (Å²) >= 11 is 0. The van der Waals surface area contributed by atoms with Gasteiger partial charge in [0.25, 0.3) is 0 Å². The minimum absolute atomic E-state index is 0.292. The molecule has 0 saturated carbocycles. The van der Waals surface area contributed by atoms with E-state index in [4.69, 9.17) is 5.26 Å². The molecule has 19 heavy (non-hydrogen) atoms. The van der Waals surface area contributed by atoms with E-state index in [0.29, 0.717) is 32.2 Å². The Morgan fingerprint density at radius 2 is 2.21 bits per heavy atom. The summed E-state index contributed by atoms with van der Waals surface area (Å²) in [4.78, 5) is 12.8. The fraction of sp³-hybridized carbons (Fsp3) is 0.833. The molecule has 1 rings (SSSR count). The first kappa shape index (κ1) is 15.8. The van der Waals surface area contributed by atoms with Crippen LogP contribution >= 0.6 is 0 Å². The Kier molecular flexibility index (Phi) is 4.80. The highest BCUT2D eigenvalue weighted by molar-refractivity contribution is 5.79. The summed E-state index contributed by atoms with van der Waals surface area (Å²) in [6.45, 7) is 1.53. The van der Waals surface area contributed by atoms with Gasteiger partial charge < -0.3 is 5.11 Å². The molecule has 0 spiro atoms. The molecule has 2 atom stereocenters. The van der Waals surface area contributed by atoms with E-state index < -0.39 is 30.1 Å². The Balaban J connectivity index is 2.92. The molecule has 4 nitrogen and oxygen atoms in total. The maximum Gasteiger partial charge on any atom is 0.405 e. The van der Waals surface area contributed by atoms with Crippen LogP contribution in [-0.2, 0) is 4.79 Å². The van der Waals surface area contributed by atoms with Crippen molar-refractivity contribution in [2.45, 2.75) is 44.3 Å². The first-order valence-electron chi connectivity index (χ1n) is 6.22. The summed E-state index contributed by atoms with van der Waals surface area (Å²) in [5, 5.41) is 18.0. The largest absolute Gasteiger partial charge is 0.480 e. The second kappa shape index (κ2) is 5.78. The molecule has 1 saturated heterocycles. The van der Waals surface area contributed by atoms with E-state index in [1.165, 1.54) is 11.0 Å². The van der Waals surface area contributed by atoms with Crippen molar-refractivity contribution < 1.29 is 23.1 Å². The molecule has 7 heteroatoms. The Hall–Kier alpha value is -1.29. The van der Waals surface area contributed by atoms with Crippen LogP contribution in [0.1, 0.15) is 32.6 Å². The van der Waals surface area contributed by atoms with Gasteiger partial charge in [-0.1, -0.05) is 13.3 Å². The van der Waals surface area contributed by atoms with Crippen molar-refractivity contribution in [1.82, 2.24) is 4.90 Å². The van der Waals surface area contributed by atoms with E-state index in [-0.39, 0.29) is 0 Å². The maximum absolute atomic E-state index is 12.6. The van der Waals surface area contributed by atoms with Crippen molar-refractivity contribution in [3.63, 3.8) is 0 Å². The van der Waals surface area contributed by atoms with Crippen LogP contribution in [0.3, 0.4) is 0 Å². The number of hydrogen-bond donors (Lipinski definition) is 1. The fourth-order valence-corrected chi connectivity index (χ4v) is 2.68.